The van der Waals surface area contributed by atoms with Crippen LogP contribution in [0.1, 0.15) is 44.1 Å². The fourth-order valence-electron chi connectivity index (χ4n) is 4.88. The number of amides is 1. The van der Waals surface area contributed by atoms with Gasteiger partial charge in [-0.15, -0.1) is 0 Å². The molecule has 27 heavy (non-hydrogen) atoms. The Balaban J connectivity index is 1.40. The van der Waals surface area contributed by atoms with Crippen LogP contribution in [0.15, 0.2) is 18.2 Å². The number of carbonyl (C=O) groups is 1. The fourth-order valence-corrected chi connectivity index (χ4v) is 4.88. The molecule has 0 bridgehead atoms. The normalized spacial score (nSPS) is 25.7. The SMILES string of the molecule is COc1cccc2c1OC[C@H](C(=O)N1CCCC[C@@H]1CCN1CCCC1)C2. The number of hydrogen-bond acceptors (Lipinski definition) is 4. The summed E-state index contributed by atoms with van der Waals surface area (Å²) >= 11 is 0. The third kappa shape index (κ3) is 4.08. The number of fused-ring (bicyclic) bond motifs is 1. The maximum Gasteiger partial charge on any atom is 0.229 e. The molecule has 0 unspecified atom stereocenters. The molecule has 4 rings (SSSR count). The van der Waals surface area contributed by atoms with Gasteiger partial charge in [-0.3, -0.25) is 4.79 Å². The molecular weight excluding hydrogens is 340 g/mol. The van der Waals surface area contributed by atoms with E-state index in [1.807, 2.05) is 12.1 Å². The van der Waals surface area contributed by atoms with Gasteiger partial charge in [0.15, 0.2) is 11.5 Å². The van der Waals surface area contributed by atoms with Crippen LogP contribution in [0.25, 0.3) is 0 Å². The lowest BCUT2D eigenvalue weighted by Crippen LogP contribution is -2.49. The van der Waals surface area contributed by atoms with Gasteiger partial charge in [-0.25, -0.2) is 0 Å². The Bertz CT molecular complexity index is 657. The van der Waals surface area contributed by atoms with Crippen molar-refractivity contribution in [3.63, 3.8) is 0 Å². The van der Waals surface area contributed by atoms with E-state index in [1.165, 1.54) is 32.4 Å². The Morgan fingerprint density at radius 3 is 2.81 bits per heavy atom. The minimum atomic E-state index is -0.0722. The molecule has 1 amide bonds. The van der Waals surface area contributed by atoms with Crippen LogP contribution >= 0.6 is 0 Å². The van der Waals surface area contributed by atoms with E-state index in [0.717, 1.165) is 55.8 Å². The van der Waals surface area contributed by atoms with E-state index in [0.29, 0.717) is 12.6 Å². The van der Waals surface area contributed by atoms with E-state index in [9.17, 15) is 4.79 Å². The van der Waals surface area contributed by atoms with Crippen LogP contribution in [-0.4, -0.2) is 61.6 Å². The molecule has 2 saturated heterocycles. The highest BCUT2D eigenvalue weighted by Gasteiger charge is 2.35. The summed E-state index contributed by atoms with van der Waals surface area (Å²) in [5, 5.41) is 0. The fraction of sp³-hybridized carbons (Fsp3) is 0.682. The number of carbonyl (C=O) groups excluding carboxylic acids is 1. The standard InChI is InChI=1S/C22H32N2O3/c1-26-20-9-6-7-17-15-18(16-27-21(17)20)22(25)24-13-3-2-8-19(24)10-14-23-11-4-5-12-23/h6-7,9,18-19H,2-5,8,10-16H2,1H3/t18-,19-/m1/s1. The predicted octanol–water partition coefficient (Wildman–Crippen LogP) is 3.11. The third-order valence-electron chi connectivity index (χ3n) is 6.41. The van der Waals surface area contributed by atoms with Crippen molar-refractivity contribution < 1.29 is 14.3 Å². The second-order valence-corrected chi connectivity index (χ2v) is 8.18. The van der Waals surface area contributed by atoms with Crippen LogP contribution in [0.2, 0.25) is 0 Å². The number of nitrogens with zero attached hydrogens (tertiary/aromatic N) is 2. The van der Waals surface area contributed by atoms with Gasteiger partial charge in [-0.05, 0) is 69.7 Å². The first-order valence-corrected chi connectivity index (χ1v) is 10.6. The van der Waals surface area contributed by atoms with E-state index >= 15 is 0 Å². The molecule has 5 nitrogen and oxygen atoms in total. The predicted molar refractivity (Wildman–Crippen MR) is 105 cm³/mol. The van der Waals surface area contributed by atoms with Gasteiger partial charge in [0, 0.05) is 19.1 Å². The first-order valence-electron chi connectivity index (χ1n) is 10.6. The molecule has 0 saturated carbocycles. The average molecular weight is 373 g/mol. The smallest absolute Gasteiger partial charge is 0.229 e. The minimum absolute atomic E-state index is 0.0722. The molecule has 3 aliphatic rings. The lowest BCUT2D eigenvalue weighted by atomic mass is 9.92. The van der Waals surface area contributed by atoms with Crippen LogP contribution in [0.4, 0.5) is 0 Å². The summed E-state index contributed by atoms with van der Waals surface area (Å²) in [6.45, 7) is 4.97. The molecule has 3 heterocycles. The molecular formula is C22H32N2O3. The number of piperidine rings is 1. The van der Waals surface area contributed by atoms with Crippen molar-refractivity contribution >= 4 is 5.91 Å². The third-order valence-corrected chi connectivity index (χ3v) is 6.41. The number of ether oxygens (including phenoxy) is 2. The molecule has 0 spiro atoms. The van der Waals surface area contributed by atoms with Gasteiger partial charge >= 0.3 is 0 Å². The zero-order chi connectivity index (χ0) is 18.6. The first kappa shape index (κ1) is 18.6. The minimum Gasteiger partial charge on any atom is -0.493 e. The number of hydrogen-bond donors (Lipinski definition) is 0. The van der Waals surface area contributed by atoms with Crippen LogP contribution in [-0.2, 0) is 11.2 Å². The van der Waals surface area contributed by atoms with Crippen LogP contribution in [0.3, 0.4) is 0 Å². The van der Waals surface area contributed by atoms with E-state index < -0.39 is 0 Å². The average Bonchev–Trinajstić information content (AvgIpc) is 3.24. The summed E-state index contributed by atoms with van der Waals surface area (Å²) in [4.78, 5) is 18.1. The van der Waals surface area contributed by atoms with Gasteiger partial charge in [0.2, 0.25) is 5.91 Å². The summed E-state index contributed by atoms with van der Waals surface area (Å²) in [5.41, 5.74) is 1.09. The van der Waals surface area contributed by atoms with E-state index in [-0.39, 0.29) is 11.8 Å². The Labute approximate surface area is 162 Å². The van der Waals surface area contributed by atoms with Crippen molar-refractivity contribution in [2.24, 2.45) is 5.92 Å². The number of rotatable bonds is 5. The van der Waals surface area contributed by atoms with Crippen LogP contribution in [0, 0.1) is 5.92 Å². The molecule has 0 aromatic heterocycles. The second-order valence-electron chi connectivity index (χ2n) is 8.18. The Kier molecular flexibility index (Phi) is 5.86. The highest BCUT2D eigenvalue weighted by Crippen LogP contribution is 2.37. The van der Waals surface area contributed by atoms with Crippen LogP contribution in [0.5, 0.6) is 11.5 Å². The summed E-state index contributed by atoms with van der Waals surface area (Å²) in [5.74, 6) is 1.79. The van der Waals surface area contributed by atoms with Crippen molar-refractivity contribution in [1.82, 2.24) is 9.80 Å². The zero-order valence-corrected chi connectivity index (χ0v) is 16.5. The van der Waals surface area contributed by atoms with Gasteiger partial charge in [-0.1, -0.05) is 12.1 Å². The van der Waals surface area contributed by atoms with Gasteiger partial charge in [0.25, 0.3) is 0 Å². The van der Waals surface area contributed by atoms with Crippen molar-refractivity contribution in [2.45, 2.75) is 51.0 Å². The Morgan fingerprint density at radius 2 is 2.00 bits per heavy atom. The lowest BCUT2D eigenvalue weighted by Gasteiger charge is -2.39. The first-order chi connectivity index (χ1) is 13.3. The number of methoxy groups -OCH3 is 1. The molecule has 5 heteroatoms. The van der Waals surface area contributed by atoms with Crippen molar-refractivity contribution in [2.75, 3.05) is 39.9 Å². The van der Waals surface area contributed by atoms with E-state index in [1.54, 1.807) is 7.11 Å². The molecule has 0 N–H and O–H groups in total. The van der Waals surface area contributed by atoms with E-state index in [4.69, 9.17) is 9.47 Å². The monoisotopic (exact) mass is 372 g/mol. The molecule has 1 aromatic rings. The molecule has 2 atom stereocenters. The summed E-state index contributed by atoms with van der Waals surface area (Å²) in [6.07, 6.45) is 8.05. The van der Waals surface area contributed by atoms with Crippen molar-refractivity contribution in [1.29, 1.82) is 0 Å². The summed E-state index contributed by atoms with van der Waals surface area (Å²) in [6, 6.07) is 6.35. The maximum absolute atomic E-state index is 13.3. The van der Waals surface area contributed by atoms with Crippen molar-refractivity contribution in [3.05, 3.63) is 23.8 Å². The van der Waals surface area contributed by atoms with Crippen molar-refractivity contribution in [3.8, 4) is 11.5 Å². The number of likely N-dealkylation sites (tertiary alicyclic amines) is 2. The van der Waals surface area contributed by atoms with Gasteiger partial charge in [0.05, 0.1) is 13.0 Å². The van der Waals surface area contributed by atoms with Gasteiger partial charge in [-0.2, -0.15) is 0 Å². The molecule has 0 aliphatic carbocycles. The van der Waals surface area contributed by atoms with Gasteiger partial charge < -0.3 is 19.3 Å². The second kappa shape index (κ2) is 8.51. The Morgan fingerprint density at radius 1 is 1.19 bits per heavy atom. The zero-order valence-electron chi connectivity index (χ0n) is 16.5. The number of benzene rings is 1. The Hall–Kier alpha value is -1.75. The summed E-state index contributed by atoms with van der Waals surface area (Å²) < 4.78 is 11.4. The molecule has 2 fully saturated rings. The highest BCUT2D eigenvalue weighted by atomic mass is 16.5. The summed E-state index contributed by atoms with van der Waals surface area (Å²) in [7, 11) is 1.66. The van der Waals surface area contributed by atoms with E-state index in [2.05, 4.69) is 15.9 Å². The molecule has 1 aromatic carbocycles. The molecule has 0 radical (unpaired) electrons. The lowest BCUT2D eigenvalue weighted by molar-refractivity contribution is -0.141. The number of para-hydroxylation sites is 1. The topological polar surface area (TPSA) is 42.0 Å². The molecule has 148 valence electrons. The quantitative estimate of drug-likeness (QED) is 0.796. The van der Waals surface area contributed by atoms with Crippen LogP contribution < -0.4 is 9.47 Å². The highest BCUT2D eigenvalue weighted by molar-refractivity contribution is 5.80. The maximum atomic E-state index is 13.3. The van der Waals surface area contributed by atoms with Gasteiger partial charge in [0.1, 0.15) is 6.61 Å². The molecule has 3 aliphatic heterocycles. The largest absolute Gasteiger partial charge is 0.493 e.